The van der Waals surface area contributed by atoms with Crippen molar-refractivity contribution < 1.29 is 9.47 Å². The van der Waals surface area contributed by atoms with E-state index in [1.807, 2.05) is 31.2 Å². The lowest BCUT2D eigenvalue weighted by atomic mass is 10.1. The molecule has 0 atom stereocenters. The van der Waals surface area contributed by atoms with E-state index in [1.54, 1.807) is 0 Å². The summed E-state index contributed by atoms with van der Waals surface area (Å²) in [6, 6.07) is 14.3. The highest BCUT2D eigenvalue weighted by Crippen LogP contribution is 2.32. The summed E-state index contributed by atoms with van der Waals surface area (Å²) in [4.78, 5) is 3.39. The number of para-hydroxylation sites is 1. The van der Waals surface area contributed by atoms with E-state index < -0.39 is 0 Å². The Morgan fingerprint density at radius 3 is 2.72 bits per heavy atom. The van der Waals surface area contributed by atoms with Crippen molar-refractivity contribution in [1.82, 2.24) is 4.98 Å². The van der Waals surface area contributed by atoms with Gasteiger partial charge in [-0.15, -0.1) is 0 Å². The molecule has 1 aromatic heterocycles. The van der Waals surface area contributed by atoms with Crippen molar-refractivity contribution >= 4 is 21.8 Å². The second-order valence-electron chi connectivity index (χ2n) is 4.10. The fourth-order valence-corrected chi connectivity index (χ4v) is 2.18. The molecule has 0 saturated carbocycles. The summed E-state index contributed by atoms with van der Waals surface area (Å²) in [7, 11) is 0. The molecule has 0 amide bonds. The third-order valence-corrected chi connectivity index (χ3v) is 2.99. The zero-order chi connectivity index (χ0) is 12.4. The van der Waals surface area contributed by atoms with Crippen molar-refractivity contribution in [2.24, 2.45) is 0 Å². The molecule has 0 aliphatic rings. The molecule has 0 aliphatic heterocycles. The molecule has 3 rings (SSSR count). The average Bonchev–Trinajstić information content (AvgIpc) is 2.78. The highest BCUT2D eigenvalue weighted by Gasteiger charge is 2.08. The van der Waals surface area contributed by atoms with E-state index in [-0.39, 0.29) is 6.79 Å². The largest absolute Gasteiger partial charge is 0.467 e. The Labute approximate surface area is 105 Å². The number of hydrogen-bond donors (Lipinski definition) is 1. The second-order valence-corrected chi connectivity index (χ2v) is 4.10. The fourth-order valence-electron chi connectivity index (χ4n) is 2.18. The molecule has 0 fully saturated rings. The minimum absolute atomic E-state index is 0.287. The number of nitrogens with one attached hydrogen (secondary N) is 1. The van der Waals surface area contributed by atoms with Crippen LogP contribution in [0.5, 0.6) is 5.75 Å². The minimum atomic E-state index is 0.287. The predicted octanol–water partition coefficient (Wildman–Crippen LogP) is 3.69. The van der Waals surface area contributed by atoms with Gasteiger partial charge in [-0.1, -0.05) is 24.3 Å². The molecule has 92 valence electrons. The predicted molar refractivity (Wildman–Crippen MR) is 72.9 cm³/mol. The van der Waals surface area contributed by atoms with Crippen LogP contribution in [0.1, 0.15) is 6.92 Å². The summed E-state index contributed by atoms with van der Waals surface area (Å²) in [5, 5.41) is 2.30. The lowest BCUT2D eigenvalue weighted by Gasteiger charge is -2.07. The number of hydrogen-bond acceptors (Lipinski definition) is 2. The first-order chi connectivity index (χ1) is 8.90. The van der Waals surface area contributed by atoms with Gasteiger partial charge in [0.25, 0.3) is 0 Å². The first-order valence-corrected chi connectivity index (χ1v) is 6.10. The molecule has 0 radical (unpaired) electrons. The van der Waals surface area contributed by atoms with Crippen LogP contribution in [0, 0.1) is 0 Å². The number of rotatable bonds is 4. The molecule has 0 spiro atoms. The first-order valence-electron chi connectivity index (χ1n) is 6.10. The number of benzene rings is 2. The van der Waals surface area contributed by atoms with Crippen LogP contribution in [0.4, 0.5) is 0 Å². The van der Waals surface area contributed by atoms with Gasteiger partial charge >= 0.3 is 0 Å². The Morgan fingerprint density at radius 1 is 1.00 bits per heavy atom. The zero-order valence-corrected chi connectivity index (χ0v) is 10.3. The van der Waals surface area contributed by atoms with E-state index in [4.69, 9.17) is 9.47 Å². The van der Waals surface area contributed by atoms with Gasteiger partial charge in [0.05, 0.1) is 5.52 Å². The van der Waals surface area contributed by atoms with E-state index in [9.17, 15) is 0 Å². The van der Waals surface area contributed by atoms with Gasteiger partial charge in [-0.25, -0.2) is 0 Å². The van der Waals surface area contributed by atoms with E-state index in [1.165, 1.54) is 5.39 Å². The quantitative estimate of drug-likeness (QED) is 0.558. The molecule has 0 bridgehead atoms. The molecule has 0 saturated heterocycles. The summed E-state index contributed by atoms with van der Waals surface area (Å²) < 4.78 is 10.9. The number of aromatic amines is 1. The fraction of sp³-hybridized carbons (Fsp3) is 0.200. The van der Waals surface area contributed by atoms with Crippen LogP contribution in [-0.2, 0) is 4.74 Å². The van der Waals surface area contributed by atoms with Crippen LogP contribution in [0.15, 0.2) is 42.5 Å². The minimum Gasteiger partial charge on any atom is -0.467 e. The van der Waals surface area contributed by atoms with E-state index >= 15 is 0 Å². The van der Waals surface area contributed by atoms with Crippen LogP contribution < -0.4 is 4.74 Å². The maximum absolute atomic E-state index is 5.68. The molecule has 3 heteroatoms. The first kappa shape index (κ1) is 11.1. The van der Waals surface area contributed by atoms with Gasteiger partial charge in [-0.2, -0.15) is 0 Å². The van der Waals surface area contributed by atoms with Crippen molar-refractivity contribution in [3.8, 4) is 5.75 Å². The van der Waals surface area contributed by atoms with Gasteiger partial charge in [0, 0.05) is 22.9 Å². The standard InChI is InChI=1S/C15H15NO2/c1-2-17-10-18-14-9-5-8-13-15(14)11-6-3-4-7-12(11)16-13/h3-9,16H,2,10H2,1H3. The maximum Gasteiger partial charge on any atom is 0.189 e. The van der Waals surface area contributed by atoms with Gasteiger partial charge in [0.15, 0.2) is 6.79 Å². The zero-order valence-electron chi connectivity index (χ0n) is 10.3. The molecule has 0 unspecified atom stereocenters. The molecule has 1 N–H and O–H groups in total. The smallest absolute Gasteiger partial charge is 0.189 e. The maximum atomic E-state index is 5.68. The van der Waals surface area contributed by atoms with Crippen molar-refractivity contribution in [2.45, 2.75) is 6.92 Å². The molecule has 0 aliphatic carbocycles. The number of ether oxygens (including phenoxy) is 2. The highest BCUT2D eigenvalue weighted by atomic mass is 16.7. The molecular weight excluding hydrogens is 226 g/mol. The number of fused-ring (bicyclic) bond motifs is 3. The summed E-state index contributed by atoms with van der Waals surface area (Å²) in [6.07, 6.45) is 0. The monoisotopic (exact) mass is 241 g/mol. The van der Waals surface area contributed by atoms with Crippen molar-refractivity contribution in [3.05, 3.63) is 42.5 Å². The van der Waals surface area contributed by atoms with Crippen LogP contribution in [-0.4, -0.2) is 18.4 Å². The summed E-state index contributed by atoms with van der Waals surface area (Å²) in [5.74, 6) is 0.860. The van der Waals surface area contributed by atoms with Crippen LogP contribution in [0.2, 0.25) is 0 Å². The lowest BCUT2D eigenvalue weighted by Crippen LogP contribution is -2.02. The second kappa shape index (κ2) is 4.70. The van der Waals surface area contributed by atoms with Gasteiger partial charge in [-0.05, 0) is 25.1 Å². The topological polar surface area (TPSA) is 34.2 Å². The van der Waals surface area contributed by atoms with Crippen LogP contribution in [0.25, 0.3) is 21.8 Å². The number of H-pyrrole nitrogens is 1. The Bertz CT molecular complexity index is 672. The molecular formula is C15H15NO2. The van der Waals surface area contributed by atoms with Crippen molar-refractivity contribution in [1.29, 1.82) is 0 Å². The SMILES string of the molecule is CCOCOc1cccc2[nH]c3ccccc3c12. The van der Waals surface area contributed by atoms with Gasteiger partial charge in [0.1, 0.15) is 5.75 Å². The Kier molecular flexibility index (Phi) is 2.90. The van der Waals surface area contributed by atoms with E-state index in [0.29, 0.717) is 6.61 Å². The van der Waals surface area contributed by atoms with Gasteiger partial charge < -0.3 is 14.5 Å². The summed E-state index contributed by atoms with van der Waals surface area (Å²) in [5.41, 5.74) is 2.21. The molecule has 3 nitrogen and oxygen atoms in total. The van der Waals surface area contributed by atoms with Crippen molar-refractivity contribution in [3.63, 3.8) is 0 Å². The summed E-state index contributed by atoms with van der Waals surface area (Å²) >= 11 is 0. The highest BCUT2D eigenvalue weighted by molar-refractivity contribution is 6.10. The van der Waals surface area contributed by atoms with Crippen LogP contribution >= 0.6 is 0 Å². The summed E-state index contributed by atoms with van der Waals surface area (Å²) in [6.45, 7) is 2.90. The van der Waals surface area contributed by atoms with Gasteiger partial charge in [0.2, 0.25) is 0 Å². The molecule has 1 heterocycles. The Balaban J connectivity index is 2.13. The normalized spacial score (nSPS) is 11.2. The van der Waals surface area contributed by atoms with E-state index in [0.717, 1.165) is 22.2 Å². The molecule has 3 aromatic rings. The average molecular weight is 241 g/mol. The van der Waals surface area contributed by atoms with E-state index in [2.05, 4.69) is 23.2 Å². The van der Waals surface area contributed by atoms with Gasteiger partial charge in [-0.3, -0.25) is 0 Å². The third-order valence-electron chi connectivity index (χ3n) is 2.99. The Morgan fingerprint density at radius 2 is 1.83 bits per heavy atom. The third kappa shape index (κ3) is 1.83. The number of aromatic nitrogens is 1. The lowest BCUT2D eigenvalue weighted by molar-refractivity contribution is 0.0234. The molecule has 2 aromatic carbocycles. The van der Waals surface area contributed by atoms with Crippen molar-refractivity contribution in [2.75, 3.05) is 13.4 Å². The molecule has 18 heavy (non-hydrogen) atoms. The Hall–Kier alpha value is -2.00. The van der Waals surface area contributed by atoms with Crippen LogP contribution in [0.3, 0.4) is 0 Å².